The summed E-state index contributed by atoms with van der Waals surface area (Å²) in [5.41, 5.74) is 0.832. The second-order valence-corrected chi connectivity index (χ2v) is 5.27. The summed E-state index contributed by atoms with van der Waals surface area (Å²) >= 11 is 0. The van der Waals surface area contributed by atoms with Gasteiger partial charge < -0.3 is 0 Å². The number of benzene rings is 1. The van der Waals surface area contributed by atoms with Crippen LogP contribution in [-0.2, 0) is 0 Å². The summed E-state index contributed by atoms with van der Waals surface area (Å²) in [6, 6.07) is 9.60. The molecule has 1 saturated heterocycles. The molecule has 0 radical (unpaired) electrons. The second kappa shape index (κ2) is 5.46. The van der Waals surface area contributed by atoms with Gasteiger partial charge in [0.2, 0.25) is 0 Å². The molecule has 0 amide bonds. The number of rotatable bonds is 3. The van der Waals surface area contributed by atoms with Crippen LogP contribution in [0, 0.1) is 11.8 Å². The fourth-order valence-corrected chi connectivity index (χ4v) is 2.41. The Morgan fingerprint density at radius 2 is 1.94 bits per heavy atom. The summed E-state index contributed by atoms with van der Waals surface area (Å²) in [5, 5.41) is 0. The van der Waals surface area contributed by atoms with Gasteiger partial charge in [0.15, 0.2) is 5.78 Å². The largest absolute Gasteiger partial charge is 0.296 e. The van der Waals surface area contributed by atoms with Gasteiger partial charge in [-0.15, -0.1) is 0 Å². The van der Waals surface area contributed by atoms with Crippen LogP contribution in [0.25, 0.3) is 0 Å². The van der Waals surface area contributed by atoms with Crippen LogP contribution in [0.2, 0.25) is 0 Å². The smallest absolute Gasteiger partial charge is 0.176 e. The third-order valence-electron chi connectivity index (χ3n) is 3.88. The van der Waals surface area contributed by atoms with Gasteiger partial charge in [0.25, 0.3) is 0 Å². The first kappa shape index (κ1) is 12.3. The number of likely N-dealkylation sites (tertiary alicyclic amines) is 1. The Labute approximate surface area is 104 Å². The molecule has 17 heavy (non-hydrogen) atoms. The minimum absolute atomic E-state index is 0.243. The molecule has 1 aliphatic heterocycles. The zero-order chi connectivity index (χ0) is 12.3. The van der Waals surface area contributed by atoms with Gasteiger partial charge in [0.05, 0.1) is 6.54 Å². The van der Waals surface area contributed by atoms with Gasteiger partial charge in [-0.05, 0) is 24.8 Å². The van der Waals surface area contributed by atoms with Gasteiger partial charge in [-0.2, -0.15) is 0 Å². The van der Waals surface area contributed by atoms with E-state index in [1.165, 1.54) is 6.42 Å². The lowest BCUT2D eigenvalue weighted by molar-refractivity contribution is 0.0849. The normalized spacial score (nSPS) is 25.8. The van der Waals surface area contributed by atoms with E-state index in [1.807, 2.05) is 30.3 Å². The fourth-order valence-electron chi connectivity index (χ4n) is 2.41. The summed E-state index contributed by atoms with van der Waals surface area (Å²) in [5.74, 6) is 1.73. The molecule has 0 N–H and O–H groups in total. The van der Waals surface area contributed by atoms with E-state index in [0.717, 1.165) is 24.6 Å². The molecule has 2 nitrogen and oxygen atoms in total. The highest BCUT2D eigenvalue weighted by atomic mass is 16.1. The van der Waals surface area contributed by atoms with Gasteiger partial charge >= 0.3 is 0 Å². The summed E-state index contributed by atoms with van der Waals surface area (Å²) in [6.45, 7) is 7.27. The molecular formula is C15H21NO. The van der Waals surface area contributed by atoms with Crippen LogP contribution in [0.3, 0.4) is 0 Å². The monoisotopic (exact) mass is 231 g/mol. The van der Waals surface area contributed by atoms with Crippen molar-refractivity contribution in [3.8, 4) is 0 Å². The molecule has 0 bridgehead atoms. The van der Waals surface area contributed by atoms with Crippen LogP contribution in [0.15, 0.2) is 30.3 Å². The number of carbonyl (C=O) groups excluding carboxylic acids is 1. The molecule has 1 aromatic carbocycles. The van der Waals surface area contributed by atoms with E-state index in [0.29, 0.717) is 12.5 Å². The van der Waals surface area contributed by atoms with E-state index in [-0.39, 0.29) is 5.78 Å². The highest BCUT2D eigenvalue weighted by Gasteiger charge is 2.23. The molecule has 2 unspecified atom stereocenters. The van der Waals surface area contributed by atoms with Crippen molar-refractivity contribution in [3.63, 3.8) is 0 Å². The van der Waals surface area contributed by atoms with Crippen molar-refractivity contribution in [2.75, 3.05) is 19.6 Å². The van der Waals surface area contributed by atoms with Crippen LogP contribution in [0.5, 0.6) is 0 Å². The average Bonchev–Trinajstić information content (AvgIpc) is 2.35. The van der Waals surface area contributed by atoms with Crippen LogP contribution < -0.4 is 0 Å². The SMILES string of the molecule is CC1CCN(CC(=O)c2ccccc2)CC1C. The summed E-state index contributed by atoms with van der Waals surface area (Å²) in [7, 11) is 0. The number of ketones is 1. The highest BCUT2D eigenvalue weighted by molar-refractivity contribution is 5.97. The van der Waals surface area contributed by atoms with E-state index < -0.39 is 0 Å². The zero-order valence-corrected chi connectivity index (χ0v) is 10.7. The van der Waals surface area contributed by atoms with Crippen molar-refractivity contribution >= 4 is 5.78 Å². The summed E-state index contributed by atoms with van der Waals surface area (Å²) in [6.07, 6.45) is 1.21. The minimum atomic E-state index is 0.243. The lowest BCUT2D eigenvalue weighted by Gasteiger charge is -2.34. The number of Topliss-reactive ketones (excluding diaryl/α,β-unsaturated/α-hetero) is 1. The van der Waals surface area contributed by atoms with Gasteiger partial charge in [0, 0.05) is 12.1 Å². The highest BCUT2D eigenvalue weighted by Crippen LogP contribution is 2.22. The molecule has 1 heterocycles. The number of nitrogens with zero attached hydrogens (tertiary/aromatic N) is 1. The summed E-state index contributed by atoms with van der Waals surface area (Å²) in [4.78, 5) is 14.4. The van der Waals surface area contributed by atoms with E-state index in [4.69, 9.17) is 0 Å². The first-order valence-corrected chi connectivity index (χ1v) is 6.47. The molecule has 0 aliphatic carbocycles. The maximum Gasteiger partial charge on any atom is 0.176 e. The molecule has 92 valence electrons. The van der Waals surface area contributed by atoms with E-state index in [2.05, 4.69) is 18.7 Å². The predicted octanol–water partition coefficient (Wildman–Crippen LogP) is 2.85. The average molecular weight is 231 g/mol. The molecule has 0 spiro atoms. The van der Waals surface area contributed by atoms with Crippen LogP contribution in [0.4, 0.5) is 0 Å². The van der Waals surface area contributed by atoms with Crippen LogP contribution >= 0.6 is 0 Å². The summed E-state index contributed by atoms with van der Waals surface area (Å²) < 4.78 is 0. The minimum Gasteiger partial charge on any atom is -0.296 e. The maximum atomic E-state index is 12.1. The van der Waals surface area contributed by atoms with Crippen molar-refractivity contribution in [2.24, 2.45) is 11.8 Å². The zero-order valence-electron chi connectivity index (χ0n) is 10.7. The molecular weight excluding hydrogens is 210 g/mol. The Kier molecular flexibility index (Phi) is 3.95. The van der Waals surface area contributed by atoms with Gasteiger partial charge in [-0.3, -0.25) is 9.69 Å². The standard InChI is InChI=1S/C15H21NO/c1-12-8-9-16(10-13(12)2)11-15(17)14-6-4-3-5-7-14/h3-7,12-13H,8-11H2,1-2H3. The number of hydrogen-bond donors (Lipinski definition) is 0. The quantitative estimate of drug-likeness (QED) is 0.746. The van der Waals surface area contributed by atoms with Crippen molar-refractivity contribution < 1.29 is 4.79 Å². The predicted molar refractivity (Wildman–Crippen MR) is 70.2 cm³/mol. The Bertz CT molecular complexity index is 374. The molecule has 1 aliphatic rings. The Morgan fingerprint density at radius 1 is 1.24 bits per heavy atom. The Morgan fingerprint density at radius 3 is 2.59 bits per heavy atom. The van der Waals surface area contributed by atoms with Crippen LogP contribution in [-0.4, -0.2) is 30.3 Å². The lowest BCUT2D eigenvalue weighted by Crippen LogP contribution is -2.41. The van der Waals surface area contributed by atoms with Gasteiger partial charge in [-0.25, -0.2) is 0 Å². The molecule has 1 aromatic rings. The van der Waals surface area contributed by atoms with E-state index >= 15 is 0 Å². The van der Waals surface area contributed by atoms with Crippen molar-refractivity contribution in [3.05, 3.63) is 35.9 Å². The Balaban J connectivity index is 1.92. The first-order chi connectivity index (χ1) is 8.16. The lowest BCUT2D eigenvalue weighted by atomic mass is 9.88. The van der Waals surface area contributed by atoms with Crippen LogP contribution in [0.1, 0.15) is 30.6 Å². The second-order valence-electron chi connectivity index (χ2n) is 5.27. The number of carbonyl (C=O) groups is 1. The molecule has 0 aromatic heterocycles. The topological polar surface area (TPSA) is 20.3 Å². The maximum absolute atomic E-state index is 12.1. The van der Waals surface area contributed by atoms with Gasteiger partial charge in [-0.1, -0.05) is 44.2 Å². The van der Waals surface area contributed by atoms with Crippen molar-refractivity contribution in [1.82, 2.24) is 4.90 Å². The van der Waals surface area contributed by atoms with E-state index in [1.54, 1.807) is 0 Å². The third-order valence-corrected chi connectivity index (χ3v) is 3.88. The molecule has 1 fully saturated rings. The number of hydrogen-bond acceptors (Lipinski definition) is 2. The molecule has 2 rings (SSSR count). The van der Waals surface area contributed by atoms with Gasteiger partial charge in [0.1, 0.15) is 0 Å². The molecule has 2 heteroatoms. The Hall–Kier alpha value is -1.15. The third kappa shape index (κ3) is 3.16. The van der Waals surface area contributed by atoms with E-state index in [9.17, 15) is 4.79 Å². The van der Waals surface area contributed by atoms with Crippen molar-refractivity contribution in [2.45, 2.75) is 20.3 Å². The van der Waals surface area contributed by atoms with Crippen molar-refractivity contribution in [1.29, 1.82) is 0 Å². The molecule has 0 saturated carbocycles. The number of piperidine rings is 1. The fraction of sp³-hybridized carbons (Fsp3) is 0.533. The molecule has 2 atom stereocenters. The first-order valence-electron chi connectivity index (χ1n) is 6.47.